The Bertz CT molecular complexity index is 409. The van der Waals surface area contributed by atoms with Crippen LogP contribution in [-0.4, -0.2) is 25.8 Å². The van der Waals surface area contributed by atoms with Gasteiger partial charge in [0.2, 0.25) is 0 Å². The number of rotatable bonds is 2. The Morgan fingerprint density at radius 3 is 3.00 bits per heavy atom. The summed E-state index contributed by atoms with van der Waals surface area (Å²) in [5.74, 6) is -0.231. The van der Waals surface area contributed by atoms with E-state index in [9.17, 15) is 4.39 Å². The van der Waals surface area contributed by atoms with E-state index in [-0.39, 0.29) is 18.0 Å². The van der Waals surface area contributed by atoms with Crippen LogP contribution >= 0.6 is 0 Å². The number of nitrogens with zero attached hydrogens (tertiary/aromatic N) is 1. The fourth-order valence-corrected chi connectivity index (χ4v) is 2.39. The Labute approximate surface area is 108 Å². The molecule has 1 aromatic rings. The van der Waals surface area contributed by atoms with Crippen LogP contribution in [0.15, 0.2) is 18.2 Å². The first-order chi connectivity index (χ1) is 8.58. The normalized spacial score (nSPS) is 22.7. The van der Waals surface area contributed by atoms with Gasteiger partial charge in [0.05, 0.1) is 6.10 Å². The number of hydrogen-bond acceptors (Lipinski definition) is 3. The Hall–Kier alpha value is -1.13. The third-order valence-electron chi connectivity index (χ3n) is 3.27. The molecule has 3 nitrogen and oxygen atoms in total. The molecular formula is C14H21FN2O. The zero-order chi connectivity index (χ0) is 13.1. The van der Waals surface area contributed by atoms with Gasteiger partial charge in [-0.25, -0.2) is 4.39 Å². The Morgan fingerprint density at radius 1 is 1.50 bits per heavy atom. The number of hydrogen-bond donors (Lipinski definition) is 1. The lowest BCUT2D eigenvalue weighted by Crippen LogP contribution is -2.31. The first-order valence-electron chi connectivity index (χ1n) is 6.49. The van der Waals surface area contributed by atoms with Crippen molar-refractivity contribution in [3.05, 3.63) is 29.6 Å². The fourth-order valence-electron chi connectivity index (χ4n) is 2.39. The van der Waals surface area contributed by atoms with Crippen molar-refractivity contribution in [3.8, 4) is 0 Å². The number of ether oxygens (including phenoxy) is 1. The van der Waals surface area contributed by atoms with Crippen LogP contribution in [0, 0.1) is 5.82 Å². The van der Waals surface area contributed by atoms with Crippen molar-refractivity contribution in [1.29, 1.82) is 0 Å². The van der Waals surface area contributed by atoms with E-state index >= 15 is 0 Å². The quantitative estimate of drug-likeness (QED) is 0.878. The largest absolute Gasteiger partial charge is 0.377 e. The van der Waals surface area contributed by atoms with Gasteiger partial charge in [0.25, 0.3) is 0 Å². The van der Waals surface area contributed by atoms with Gasteiger partial charge in [-0.05, 0) is 44.0 Å². The predicted molar refractivity (Wildman–Crippen MR) is 71.2 cm³/mol. The van der Waals surface area contributed by atoms with Crippen LogP contribution < -0.4 is 10.6 Å². The molecule has 1 unspecified atom stereocenters. The van der Waals surface area contributed by atoms with E-state index in [0.717, 1.165) is 37.4 Å². The molecule has 1 aliphatic heterocycles. The molecule has 1 saturated heterocycles. The van der Waals surface area contributed by atoms with Crippen LogP contribution in [0.25, 0.3) is 0 Å². The molecule has 2 N–H and O–H groups in total. The molecule has 0 spiro atoms. The maximum absolute atomic E-state index is 13.3. The van der Waals surface area contributed by atoms with E-state index in [1.165, 1.54) is 12.1 Å². The highest BCUT2D eigenvalue weighted by Crippen LogP contribution is 2.27. The van der Waals surface area contributed by atoms with Crippen molar-refractivity contribution in [2.75, 3.05) is 24.6 Å². The Balaban J connectivity index is 2.30. The molecule has 1 aliphatic rings. The number of nitrogens with two attached hydrogens (primary N) is 1. The van der Waals surface area contributed by atoms with Gasteiger partial charge < -0.3 is 15.4 Å². The topological polar surface area (TPSA) is 38.5 Å². The maximum atomic E-state index is 13.3. The van der Waals surface area contributed by atoms with E-state index in [2.05, 4.69) is 11.8 Å². The number of anilines is 1. The molecule has 0 aliphatic carbocycles. The van der Waals surface area contributed by atoms with Crippen LogP contribution in [0.2, 0.25) is 0 Å². The predicted octanol–water partition coefficient (Wildman–Crippen LogP) is 2.46. The summed E-state index contributed by atoms with van der Waals surface area (Å²) >= 11 is 0. The summed E-state index contributed by atoms with van der Waals surface area (Å²) in [6, 6.07) is 4.69. The second kappa shape index (κ2) is 5.67. The molecule has 2 rings (SSSR count). The first-order valence-corrected chi connectivity index (χ1v) is 6.49. The van der Waals surface area contributed by atoms with Crippen LogP contribution in [0.5, 0.6) is 0 Å². The minimum atomic E-state index is -0.231. The third-order valence-corrected chi connectivity index (χ3v) is 3.27. The highest BCUT2D eigenvalue weighted by molar-refractivity contribution is 5.55. The molecule has 1 fully saturated rings. The van der Waals surface area contributed by atoms with Crippen LogP contribution in [0.1, 0.15) is 31.9 Å². The molecule has 1 aromatic carbocycles. The highest BCUT2D eigenvalue weighted by atomic mass is 19.1. The molecule has 100 valence electrons. The fraction of sp³-hybridized carbons (Fsp3) is 0.571. The van der Waals surface area contributed by atoms with Crippen molar-refractivity contribution in [2.24, 2.45) is 5.73 Å². The van der Waals surface area contributed by atoms with Gasteiger partial charge in [-0.15, -0.1) is 0 Å². The van der Waals surface area contributed by atoms with Crippen molar-refractivity contribution >= 4 is 5.69 Å². The van der Waals surface area contributed by atoms with Crippen molar-refractivity contribution < 1.29 is 9.13 Å². The van der Waals surface area contributed by atoms with E-state index in [1.54, 1.807) is 0 Å². The van der Waals surface area contributed by atoms with Crippen LogP contribution in [-0.2, 0) is 4.74 Å². The standard InChI is InChI=1S/C14H21FN2O/c1-10-9-17(6-3-7-18-10)14-5-4-12(15)8-13(14)11(2)16/h4-5,8,10-11H,3,6-7,9,16H2,1-2H3/t10?,11-/m0/s1. The summed E-state index contributed by atoms with van der Waals surface area (Å²) in [6.45, 7) is 6.48. The number of halogens is 1. The summed E-state index contributed by atoms with van der Waals surface area (Å²) in [5.41, 5.74) is 7.84. The molecule has 0 radical (unpaired) electrons. The van der Waals surface area contributed by atoms with Crippen molar-refractivity contribution in [3.63, 3.8) is 0 Å². The second-order valence-electron chi connectivity index (χ2n) is 4.97. The van der Waals surface area contributed by atoms with Crippen LogP contribution in [0.3, 0.4) is 0 Å². The summed E-state index contributed by atoms with van der Waals surface area (Å²) in [5, 5.41) is 0. The number of benzene rings is 1. The third kappa shape index (κ3) is 3.00. The zero-order valence-corrected chi connectivity index (χ0v) is 11.0. The minimum Gasteiger partial charge on any atom is -0.377 e. The van der Waals surface area contributed by atoms with Gasteiger partial charge in [0, 0.05) is 31.4 Å². The lowest BCUT2D eigenvalue weighted by molar-refractivity contribution is 0.0821. The molecule has 0 bridgehead atoms. The molecule has 0 amide bonds. The molecule has 4 heteroatoms. The second-order valence-corrected chi connectivity index (χ2v) is 4.97. The van der Waals surface area contributed by atoms with Gasteiger partial charge in [-0.2, -0.15) is 0 Å². The molecule has 2 atom stereocenters. The summed E-state index contributed by atoms with van der Waals surface area (Å²) in [7, 11) is 0. The van der Waals surface area contributed by atoms with E-state index in [1.807, 2.05) is 13.0 Å². The maximum Gasteiger partial charge on any atom is 0.123 e. The summed E-state index contributed by atoms with van der Waals surface area (Å²) in [6.07, 6.45) is 1.18. The molecule has 1 heterocycles. The molecule has 0 saturated carbocycles. The highest BCUT2D eigenvalue weighted by Gasteiger charge is 2.19. The van der Waals surface area contributed by atoms with Crippen molar-refractivity contribution in [2.45, 2.75) is 32.4 Å². The molecule has 0 aromatic heterocycles. The van der Waals surface area contributed by atoms with Gasteiger partial charge in [0.15, 0.2) is 0 Å². The lowest BCUT2D eigenvalue weighted by Gasteiger charge is -2.28. The SMILES string of the molecule is CC1CN(c2ccc(F)cc2[C@H](C)N)CCCO1. The zero-order valence-electron chi connectivity index (χ0n) is 11.0. The minimum absolute atomic E-state index is 0.171. The smallest absolute Gasteiger partial charge is 0.123 e. The van der Waals surface area contributed by atoms with Gasteiger partial charge in [0.1, 0.15) is 5.82 Å². The summed E-state index contributed by atoms with van der Waals surface area (Å²) < 4.78 is 19.0. The lowest BCUT2D eigenvalue weighted by atomic mass is 10.0. The van der Waals surface area contributed by atoms with Gasteiger partial charge >= 0.3 is 0 Å². The van der Waals surface area contributed by atoms with E-state index < -0.39 is 0 Å². The molecule has 18 heavy (non-hydrogen) atoms. The van der Waals surface area contributed by atoms with E-state index in [0.29, 0.717) is 0 Å². The van der Waals surface area contributed by atoms with Crippen LogP contribution in [0.4, 0.5) is 10.1 Å². The van der Waals surface area contributed by atoms with E-state index in [4.69, 9.17) is 10.5 Å². The average Bonchev–Trinajstić information content (AvgIpc) is 2.53. The van der Waals surface area contributed by atoms with Crippen molar-refractivity contribution in [1.82, 2.24) is 0 Å². The Morgan fingerprint density at radius 2 is 2.28 bits per heavy atom. The van der Waals surface area contributed by atoms with Gasteiger partial charge in [-0.3, -0.25) is 0 Å². The summed E-state index contributed by atoms with van der Waals surface area (Å²) in [4.78, 5) is 2.25. The average molecular weight is 252 g/mol. The molecular weight excluding hydrogens is 231 g/mol. The Kier molecular flexibility index (Phi) is 4.19. The first kappa shape index (κ1) is 13.3. The monoisotopic (exact) mass is 252 g/mol. The van der Waals surface area contributed by atoms with Gasteiger partial charge in [-0.1, -0.05) is 0 Å².